The van der Waals surface area contributed by atoms with Crippen LogP contribution in [0.25, 0.3) is 10.9 Å². The lowest BCUT2D eigenvalue weighted by atomic mass is 10.1. The normalized spacial score (nSPS) is 11.1. The third-order valence-corrected chi connectivity index (χ3v) is 3.87. The molecule has 0 radical (unpaired) electrons. The standard InChI is InChI=1S/C15H14N2OS/c1-10-7-15(16-14-6-4-3-5-13(10)14)19-9-12-8-11(2)17-18-12/h3-8H,9H2,1-2H3. The Morgan fingerprint density at radius 1 is 1.16 bits per heavy atom. The highest BCUT2D eigenvalue weighted by molar-refractivity contribution is 7.98. The number of aromatic nitrogens is 2. The lowest BCUT2D eigenvalue weighted by molar-refractivity contribution is 0.391. The fraction of sp³-hybridized carbons (Fsp3) is 0.200. The number of hydrogen-bond acceptors (Lipinski definition) is 4. The molecule has 96 valence electrons. The van der Waals surface area contributed by atoms with Crippen molar-refractivity contribution >= 4 is 22.7 Å². The Morgan fingerprint density at radius 3 is 2.79 bits per heavy atom. The topological polar surface area (TPSA) is 38.9 Å². The maximum absolute atomic E-state index is 5.21. The van der Waals surface area contributed by atoms with E-state index in [4.69, 9.17) is 4.52 Å². The highest BCUT2D eigenvalue weighted by Crippen LogP contribution is 2.26. The van der Waals surface area contributed by atoms with E-state index in [0.717, 1.165) is 27.7 Å². The first-order valence-electron chi connectivity index (χ1n) is 6.14. The van der Waals surface area contributed by atoms with E-state index in [9.17, 15) is 0 Å². The van der Waals surface area contributed by atoms with Gasteiger partial charge in [-0.25, -0.2) is 4.98 Å². The smallest absolute Gasteiger partial charge is 0.147 e. The number of benzene rings is 1. The molecule has 3 aromatic rings. The molecule has 0 N–H and O–H groups in total. The molecule has 0 aliphatic rings. The Bertz CT molecular complexity index is 721. The molecule has 4 heteroatoms. The van der Waals surface area contributed by atoms with Crippen molar-refractivity contribution in [3.8, 4) is 0 Å². The molecule has 1 aromatic carbocycles. The molecule has 0 atom stereocenters. The van der Waals surface area contributed by atoms with Gasteiger partial charge in [0.25, 0.3) is 0 Å². The molecule has 3 rings (SSSR count). The Labute approximate surface area is 116 Å². The maximum atomic E-state index is 5.21. The van der Waals surface area contributed by atoms with Crippen LogP contribution in [-0.4, -0.2) is 10.1 Å². The molecule has 19 heavy (non-hydrogen) atoms. The number of fused-ring (bicyclic) bond motifs is 1. The Hall–Kier alpha value is -1.81. The Kier molecular flexibility index (Phi) is 3.25. The molecule has 0 spiro atoms. The van der Waals surface area contributed by atoms with Gasteiger partial charge in [-0.2, -0.15) is 0 Å². The van der Waals surface area contributed by atoms with Crippen LogP contribution in [0.5, 0.6) is 0 Å². The van der Waals surface area contributed by atoms with Crippen LogP contribution >= 0.6 is 11.8 Å². The molecule has 0 fully saturated rings. The molecular formula is C15H14N2OS. The third-order valence-electron chi connectivity index (χ3n) is 2.94. The van der Waals surface area contributed by atoms with Gasteiger partial charge in [0.2, 0.25) is 0 Å². The molecule has 0 bridgehead atoms. The van der Waals surface area contributed by atoms with Gasteiger partial charge in [0.15, 0.2) is 0 Å². The fourth-order valence-electron chi connectivity index (χ4n) is 2.02. The van der Waals surface area contributed by atoms with E-state index in [2.05, 4.69) is 29.2 Å². The molecular weight excluding hydrogens is 256 g/mol. The van der Waals surface area contributed by atoms with E-state index in [1.165, 1.54) is 10.9 Å². The SMILES string of the molecule is Cc1cc(CSc2cc(C)c3ccccc3n2)on1. The summed E-state index contributed by atoms with van der Waals surface area (Å²) in [5, 5.41) is 6.12. The summed E-state index contributed by atoms with van der Waals surface area (Å²) in [6, 6.07) is 12.3. The fourth-order valence-corrected chi connectivity index (χ4v) is 2.87. The van der Waals surface area contributed by atoms with Gasteiger partial charge in [-0.3, -0.25) is 0 Å². The zero-order valence-corrected chi connectivity index (χ0v) is 11.7. The van der Waals surface area contributed by atoms with Crippen LogP contribution in [0.3, 0.4) is 0 Å². The van der Waals surface area contributed by atoms with Gasteiger partial charge in [0.1, 0.15) is 5.76 Å². The highest BCUT2D eigenvalue weighted by Gasteiger charge is 2.05. The van der Waals surface area contributed by atoms with Crippen molar-refractivity contribution in [3.05, 3.63) is 53.4 Å². The van der Waals surface area contributed by atoms with E-state index in [1.807, 2.05) is 31.2 Å². The number of hydrogen-bond donors (Lipinski definition) is 0. The van der Waals surface area contributed by atoms with Crippen molar-refractivity contribution in [1.82, 2.24) is 10.1 Å². The minimum Gasteiger partial charge on any atom is -0.360 e. The first-order chi connectivity index (χ1) is 9.22. The summed E-state index contributed by atoms with van der Waals surface area (Å²) in [6.45, 7) is 4.04. The van der Waals surface area contributed by atoms with Crippen molar-refractivity contribution in [3.63, 3.8) is 0 Å². The number of pyridine rings is 1. The highest BCUT2D eigenvalue weighted by atomic mass is 32.2. The van der Waals surface area contributed by atoms with Crippen LogP contribution in [-0.2, 0) is 5.75 Å². The monoisotopic (exact) mass is 270 g/mol. The largest absolute Gasteiger partial charge is 0.360 e. The van der Waals surface area contributed by atoms with Crippen molar-refractivity contribution < 1.29 is 4.52 Å². The van der Waals surface area contributed by atoms with E-state index in [-0.39, 0.29) is 0 Å². The van der Waals surface area contributed by atoms with E-state index < -0.39 is 0 Å². The van der Waals surface area contributed by atoms with Gasteiger partial charge in [0, 0.05) is 11.5 Å². The van der Waals surface area contributed by atoms with Gasteiger partial charge < -0.3 is 4.52 Å². The summed E-state index contributed by atoms with van der Waals surface area (Å²) in [6.07, 6.45) is 0. The molecule has 0 aliphatic carbocycles. The zero-order valence-electron chi connectivity index (χ0n) is 10.9. The van der Waals surface area contributed by atoms with Crippen LogP contribution in [0.2, 0.25) is 0 Å². The number of aryl methyl sites for hydroxylation is 2. The first-order valence-corrected chi connectivity index (χ1v) is 7.12. The number of para-hydroxylation sites is 1. The average Bonchev–Trinajstić information content (AvgIpc) is 2.82. The Morgan fingerprint density at radius 2 is 2.00 bits per heavy atom. The molecule has 0 amide bonds. The zero-order chi connectivity index (χ0) is 13.2. The maximum Gasteiger partial charge on any atom is 0.147 e. The average molecular weight is 270 g/mol. The summed E-state index contributed by atoms with van der Waals surface area (Å²) in [4.78, 5) is 4.66. The molecule has 3 nitrogen and oxygen atoms in total. The summed E-state index contributed by atoms with van der Waals surface area (Å²) in [7, 11) is 0. The van der Waals surface area contributed by atoms with E-state index in [0.29, 0.717) is 0 Å². The molecule has 2 aromatic heterocycles. The lowest BCUT2D eigenvalue weighted by Crippen LogP contribution is -1.87. The number of rotatable bonds is 3. The minimum absolute atomic E-state index is 0.756. The summed E-state index contributed by atoms with van der Waals surface area (Å²) in [5.41, 5.74) is 3.21. The van der Waals surface area contributed by atoms with Gasteiger partial charge in [0.05, 0.1) is 22.0 Å². The van der Waals surface area contributed by atoms with E-state index in [1.54, 1.807) is 11.8 Å². The van der Waals surface area contributed by atoms with Crippen molar-refractivity contribution in [2.45, 2.75) is 24.6 Å². The second kappa shape index (κ2) is 5.05. The predicted molar refractivity (Wildman–Crippen MR) is 77.3 cm³/mol. The molecule has 2 heterocycles. The second-order valence-corrected chi connectivity index (χ2v) is 5.51. The van der Waals surface area contributed by atoms with Crippen molar-refractivity contribution in [2.75, 3.05) is 0 Å². The molecule has 0 saturated heterocycles. The van der Waals surface area contributed by atoms with Crippen LogP contribution in [0.4, 0.5) is 0 Å². The van der Waals surface area contributed by atoms with Crippen LogP contribution in [0.1, 0.15) is 17.0 Å². The van der Waals surface area contributed by atoms with E-state index >= 15 is 0 Å². The minimum atomic E-state index is 0.756. The molecule has 0 unspecified atom stereocenters. The summed E-state index contributed by atoms with van der Waals surface area (Å²) < 4.78 is 5.21. The summed E-state index contributed by atoms with van der Waals surface area (Å²) in [5.74, 6) is 1.64. The molecule has 0 aliphatic heterocycles. The van der Waals surface area contributed by atoms with Gasteiger partial charge >= 0.3 is 0 Å². The third kappa shape index (κ3) is 2.63. The summed E-state index contributed by atoms with van der Waals surface area (Å²) >= 11 is 1.67. The van der Waals surface area contributed by atoms with Gasteiger partial charge in [-0.15, -0.1) is 0 Å². The number of nitrogens with zero attached hydrogens (tertiary/aromatic N) is 2. The van der Waals surface area contributed by atoms with Gasteiger partial charge in [-0.05, 0) is 31.5 Å². The van der Waals surface area contributed by atoms with Crippen LogP contribution < -0.4 is 0 Å². The van der Waals surface area contributed by atoms with Gasteiger partial charge in [-0.1, -0.05) is 35.1 Å². The van der Waals surface area contributed by atoms with Crippen LogP contribution in [0, 0.1) is 13.8 Å². The quantitative estimate of drug-likeness (QED) is 0.671. The lowest BCUT2D eigenvalue weighted by Gasteiger charge is -2.05. The second-order valence-electron chi connectivity index (χ2n) is 4.52. The first kappa shape index (κ1) is 12.2. The predicted octanol–water partition coefficient (Wildman–Crippen LogP) is 4.13. The van der Waals surface area contributed by atoms with Crippen molar-refractivity contribution in [1.29, 1.82) is 0 Å². The van der Waals surface area contributed by atoms with Crippen LogP contribution in [0.15, 0.2) is 45.9 Å². The Balaban J connectivity index is 1.85. The van der Waals surface area contributed by atoms with Crippen molar-refractivity contribution in [2.24, 2.45) is 0 Å². The molecule has 0 saturated carbocycles. The number of thioether (sulfide) groups is 1.